The lowest BCUT2D eigenvalue weighted by Gasteiger charge is -2.28. The molecule has 0 saturated carbocycles. The highest BCUT2D eigenvalue weighted by molar-refractivity contribution is 6.30. The van der Waals surface area contributed by atoms with Crippen molar-refractivity contribution in [3.8, 4) is 22.3 Å². The summed E-state index contributed by atoms with van der Waals surface area (Å²) >= 11 is 6.30. The number of anilines is 1. The van der Waals surface area contributed by atoms with Gasteiger partial charge in [0.05, 0.1) is 11.7 Å². The van der Waals surface area contributed by atoms with E-state index in [4.69, 9.17) is 16.6 Å². The third kappa shape index (κ3) is 3.39. The number of rotatable bonds is 3. The van der Waals surface area contributed by atoms with E-state index in [2.05, 4.69) is 45.3 Å². The lowest BCUT2D eigenvalue weighted by molar-refractivity contribution is 0.578. The van der Waals surface area contributed by atoms with Gasteiger partial charge in [-0.1, -0.05) is 41.9 Å². The second-order valence-electron chi connectivity index (χ2n) is 8.27. The van der Waals surface area contributed by atoms with Gasteiger partial charge >= 0.3 is 0 Å². The Morgan fingerprint density at radius 1 is 0.812 bits per heavy atom. The maximum absolute atomic E-state index is 6.30. The van der Waals surface area contributed by atoms with Crippen molar-refractivity contribution < 1.29 is 0 Å². The van der Waals surface area contributed by atoms with Gasteiger partial charge in [-0.2, -0.15) is 5.10 Å². The molecule has 0 radical (unpaired) electrons. The van der Waals surface area contributed by atoms with Crippen molar-refractivity contribution in [3.63, 3.8) is 0 Å². The summed E-state index contributed by atoms with van der Waals surface area (Å²) < 4.78 is 1.84. The zero-order chi connectivity index (χ0) is 21.5. The highest BCUT2D eigenvalue weighted by atomic mass is 35.5. The molecule has 6 rings (SSSR count). The fourth-order valence-electron chi connectivity index (χ4n) is 4.60. The topological polar surface area (TPSA) is 46.3 Å². The smallest absolute Gasteiger partial charge is 0.162 e. The van der Waals surface area contributed by atoms with Gasteiger partial charge in [0.15, 0.2) is 5.65 Å². The van der Waals surface area contributed by atoms with Gasteiger partial charge < -0.3 is 4.90 Å². The van der Waals surface area contributed by atoms with Crippen LogP contribution in [0.3, 0.4) is 0 Å². The van der Waals surface area contributed by atoms with Crippen LogP contribution in [0.25, 0.3) is 38.8 Å². The molecule has 1 aliphatic heterocycles. The van der Waals surface area contributed by atoms with Gasteiger partial charge in [-0.25, -0.2) is 14.5 Å². The van der Waals surface area contributed by atoms with E-state index < -0.39 is 0 Å². The van der Waals surface area contributed by atoms with E-state index >= 15 is 0 Å². The molecule has 0 atom stereocenters. The third-order valence-electron chi connectivity index (χ3n) is 6.25. The molecular formula is C26H22ClN5. The van der Waals surface area contributed by atoms with Gasteiger partial charge in [0, 0.05) is 47.7 Å². The van der Waals surface area contributed by atoms with Crippen LogP contribution < -0.4 is 4.90 Å². The number of halogens is 1. The van der Waals surface area contributed by atoms with Gasteiger partial charge in [0.25, 0.3) is 0 Å². The minimum atomic E-state index is 0.462. The predicted octanol–water partition coefficient (Wildman–Crippen LogP) is 6.26. The monoisotopic (exact) mass is 439 g/mol. The van der Waals surface area contributed by atoms with Crippen LogP contribution in [0.5, 0.6) is 0 Å². The summed E-state index contributed by atoms with van der Waals surface area (Å²) in [7, 11) is 0. The molecule has 0 N–H and O–H groups in total. The molecule has 0 aliphatic carbocycles. The van der Waals surface area contributed by atoms with Gasteiger partial charge in [-0.05, 0) is 54.7 Å². The summed E-state index contributed by atoms with van der Waals surface area (Å²) in [6, 6.07) is 18.6. The molecule has 0 unspecified atom stereocenters. The summed E-state index contributed by atoms with van der Waals surface area (Å²) in [5.74, 6) is 0. The molecule has 5 aromatic rings. The summed E-state index contributed by atoms with van der Waals surface area (Å²) in [4.78, 5) is 11.7. The van der Waals surface area contributed by atoms with Crippen LogP contribution in [-0.4, -0.2) is 32.7 Å². The fraction of sp³-hybridized carbons (Fsp3) is 0.192. The molecule has 4 heterocycles. The number of para-hydroxylation sites is 1. The second kappa shape index (κ2) is 7.92. The molecule has 2 aromatic carbocycles. The number of piperidine rings is 1. The maximum Gasteiger partial charge on any atom is 0.162 e. The quantitative estimate of drug-likeness (QED) is 0.311. The summed E-state index contributed by atoms with van der Waals surface area (Å²) in [5.41, 5.74) is 7.06. The van der Waals surface area contributed by atoms with E-state index in [-0.39, 0.29) is 0 Å². The van der Waals surface area contributed by atoms with Crippen molar-refractivity contribution in [2.45, 2.75) is 19.3 Å². The Morgan fingerprint density at radius 2 is 1.62 bits per heavy atom. The van der Waals surface area contributed by atoms with Gasteiger partial charge in [0.1, 0.15) is 5.15 Å². The first-order chi connectivity index (χ1) is 15.8. The van der Waals surface area contributed by atoms with Crippen LogP contribution >= 0.6 is 11.6 Å². The Morgan fingerprint density at radius 3 is 2.47 bits per heavy atom. The number of nitrogens with zero attached hydrogens (tertiary/aromatic N) is 5. The Kier molecular flexibility index (Phi) is 4.76. The van der Waals surface area contributed by atoms with E-state index in [0.29, 0.717) is 5.15 Å². The first-order valence-corrected chi connectivity index (χ1v) is 11.4. The second-order valence-corrected chi connectivity index (χ2v) is 8.66. The van der Waals surface area contributed by atoms with Crippen LogP contribution in [0.4, 0.5) is 5.69 Å². The highest BCUT2D eigenvalue weighted by Crippen LogP contribution is 2.33. The number of hydrogen-bond donors (Lipinski definition) is 0. The van der Waals surface area contributed by atoms with Crippen LogP contribution in [0.15, 0.2) is 73.2 Å². The maximum atomic E-state index is 6.30. The predicted molar refractivity (Wildman–Crippen MR) is 130 cm³/mol. The van der Waals surface area contributed by atoms with Crippen molar-refractivity contribution >= 4 is 33.8 Å². The molecule has 6 heteroatoms. The minimum absolute atomic E-state index is 0.462. The van der Waals surface area contributed by atoms with Gasteiger partial charge in [-0.3, -0.25) is 0 Å². The van der Waals surface area contributed by atoms with E-state index in [1.54, 1.807) is 0 Å². The Balaban J connectivity index is 1.37. The molecule has 0 amide bonds. The van der Waals surface area contributed by atoms with E-state index in [1.807, 2.05) is 47.4 Å². The Bertz CT molecular complexity index is 1420. The van der Waals surface area contributed by atoms with Crippen LogP contribution in [0.1, 0.15) is 19.3 Å². The normalized spacial score (nSPS) is 14.3. The molecule has 32 heavy (non-hydrogen) atoms. The molecule has 1 saturated heterocycles. The average molecular weight is 440 g/mol. The van der Waals surface area contributed by atoms with Crippen molar-refractivity contribution in [2.24, 2.45) is 0 Å². The first kappa shape index (κ1) is 19.3. The largest absolute Gasteiger partial charge is 0.372 e. The molecule has 0 bridgehead atoms. The first-order valence-electron chi connectivity index (χ1n) is 11.0. The van der Waals surface area contributed by atoms with Gasteiger partial charge in [0.2, 0.25) is 0 Å². The van der Waals surface area contributed by atoms with E-state index in [9.17, 15) is 0 Å². The number of fused-ring (bicyclic) bond motifs is 2. The zero-order valence-electron chi connectivity index (χ0n) is 17.6. The lowest BCUT2D eigenvalue weighted by atomic mass is 10.0. The standard InChI is InChI=1S/C26H22ClN5/c27-25-14-22(21-6-2-3-7-24(21)30-25)23-16-29-32-17-19(15-28-26(23)32)18-8-10-20(11-9-18)31-12-4-1-5-13-31/h2-3,6-11,14-17H,1,4-5,12-13H2. The summed E-state index contributed by atoms with van der Waals surface area (Å²) in [5, 5.41) is 6.09. The van der Waals surface area contributed by atoms with E-state index in [1.165, 1.54) is 24.9 Å². The number of benzene rings is 2. The molecule has 158 valence electrons. The van der Waals surface area contributed by atoms with Crippen LogP contribution in [0, 0.1) is 0 Å². The van der Waals surface area contributed by atoms with E-state index in [0.717, 1.165) is 51.9 Å². The summed E-state index contributed by atoms with van der Waals surface area (Å²) in [6.45, 7) is 2.30. The van der Waals surface area contributed by atoms with Crippen LogP contribution in [0.2, 0.25) is 5.15 Å². The molecule has 5 nitrogen and oxygen atoms in total. The highest BCUT2D eigenvalue weighted by Gasteiger charge is 2.14. The minimum Gasteiger partial charge on any atom is -0.372 e. The summed E-state index contributed by atoms with van der Waals surface area (Å²) in [6.07, 6.45) is 9.70. The molecule has 3 aromatic heterocycles. The van der Waals surface area contributed by atoms with Crippen LogP contribution in [-0.2, 0) is 0 Å². The van der Waals surface area contributed by atoms with Gasteiger partial charge in [-0.15, -0.1) is 0 Å². The SMILES string of the molecule is Clc1cc(-c2cnn3cc(-c4ccc(N5CCCCC5)cc4)cnc23)c2ccccc2n1. The lowest BCUT2D eigenvalue weighted by Crippen LogP contribution is -2.29. The van der Waals surface area contributed by atoms with Crippen molar-refractivity contribution in [1.29, 1.82) is 0 Å². The number of pyridine rings is 1. The zero-order valence-corrected chi connectivity index (χ0v) is 18.3. The molecule has 0 spiro atoms. The van der Waals surface area contributed by atoms with Crippen molar-refractivity contribution in [1.82, 2.24) is 19.6 Å². The fourth-order valence-corrected chi connectivity index (χ4v) is 4.80. The van der Waals surface area contributed by atoms with Crippen molar-refractivity contribution in [3.05, 3.63) is 78.3 Å². The van der Waals surface area contributed by atoms with Crippen molar-refractivity contribution in [2.75, 3.05) is 18.0 Å². The Labute approximate surface area is 191 Å². The Hall–Kier alpha value is -3.44. The number of hydrogen-bond acceptors (Lipinski definition) is 4. The molecule has 1 aliphatic rings. The number of aromatic nitrogens is 4. The molecular weight excluding hydrogens is 418 g/mol. The average Bonchev–Trinajstić information content (AvgIpc) is 3.27. The third-order valence-corrected chi connectivity index (χ3v) is 6.45. The molecule has 1 fully saturated rings.